The van der Waals surface area contributed by atoms with Crippen molar-refractivity contribution in [1.82, 2.24) is 0 Å². The van der Waals surface area contributed by atoms with Crippen LogP contribution in [0.25, 0.3) is 0 Å². The molecule has 0 aliphatic heterocycles. The Labute approximate surface area is 467 Å². The summed E-state index contributed by atoms with van der Waals surface area (Å²) in [5.74, 6) is -0.868. The monoisotopic (exact) mass is 1050 g/mol. The van der Waals surface area contributed by atoms with E-state index in [2.05, 4.69) is 57.2 Å². The van der Waals surface area contributed by atoms with E-state index < -0.39 is 6.10 Å². The van der Waals surface area contributed by atoms with Crippen LogP contribution in [0.5, 0.6) is 0 Å². The van der Waals surface area contributed by atoms with E-state index in [1.54, 1.807) is 0 Å². The van der Waals surface area contributed by atoms with E-state index in [9.17, 15) is 14.4 Å². The zero-order valence-corrected chi connectivity index (χ0v) is 50.6. The molecule has 1 unspecified atom stereocenters. The summed E-state index contributed by atoms with van der Waals surface area (Å²) in [5, 5.41) is 0. The molecule has 0 rings (SSSR count). The zero-order valence-electron chi connectivity index (χ0n) is 50.6. The van der Waals surface area contributed by atoms with Gasteiger partial charge >= 0.3 is 17.9 Å². The fraction of sp³-hybridized carbons (Fsp3) is 0.870. The van der Waals surface area contributed by atoms with E-state index in [0.29, 0.717) is 19.3 Å². The molecular weight excluding hydrogens is 925 g/mol. The molecule has 0 N–H and O–H groups in total. The van der Waals surface area contributed by atoms with Crippen molar-refractivity contribution in [3.05, 3.63) is 36.5 Å². The third kappa shape index (κ3) is 62.4. The zero-order chi connectivity index (χ0) is 54.3. The predicted octanol–water partition coefficient (Wildman–Crippen LogP) is 22.8. The molecule has 0 saturated heterocycles. The van der Waals surface area contributed by atoms with Crippen LogP contribution in [-0.2, 0) is 28.6 Å². The summed E-state index contributed by atoms with van der Waals surface area (Å²) in [4.78, 5) is 37.9. The van der Waals surface area contributed by atoms with Gasteiger partial charge in [-0.1, -0.05) is 308 Å². The average Bonchev–Trinajstić information content (AvgIpc) is 3.41. The first-order valence-corrected chi connectivity index (χ1v) is 33.5. The third-order valence-corrected chi connectivity index (χ3v) is 15.1. The summed E-state index contributed by atoms with van der Waals surface area (Å²) in [6.45, 7) is 6.61. The van der Waals surface area contributed by atoms with Gasteiger partial charge in [0.25, 0.3) is 0 Å². The number of unbranched alkanes of at least 4 members (excludes halogenated alkanes) is 45. The molecule has 0 radical (unpaired) electrons. The summed E-state index contributed by atoms with van der Waals surface area (Å²) in [6, 6.07) is 0. The first-order chi connectivity index (χ1) is 37.0. The fourth-order valence-corrected chi connectivity index (χ4v) is 10.1. The Kier molecular flexibility index (Phi) is 62.1. The molecule has 75 heavy (non-hydrogen) atoms. The molecule has 0 heterocycles. The highest BCUT2D eigenvalue weighted by Gasteiger charge is 2.19. The van der Waals surface area contributed by atoms with Crippen LogP contribution in [0.2, 0.25) is 0 Å². The number of allylic oxidation sites excluding steroid dienone is 6. The maximum absolute atomic E-state index is 12.8. The lowest BCUT2D eigenvalue weighted by molar-refractivity contribution is -0.167. The Morgan fingerprint density at radius 3 is 0.747 bits per heavy atom. The minimum atomic E-state index is -0.770. The standard InChI is InChI=1S/C69H128O6/c1-4-7-10-13-16-18-20-22-24-26-27-28-29-30-31-32-33-34-35-36-37-38-39-40-41-42-43-44-46-47-49-51-53-56-59-62-68(71)74-65-66(64-73-67(70)61-58-55-15-12-9-6-3)75-69(72)63-60-57-54-52-50-48-45-25-23-21-19-17-14-11-8-5-2/h20,22,25-27,45,66H,4-19,21,23-24,28-44,46-65H2,1-3H3/b22-20-,27-26-,45-25-. The summed E-state index contributed by atoms with van der Waals surface area (Å²) in [7, 11) is 0. The number of esters is 3. The molecule has 0 aromatic heterocycles. The molecule has 0 bridgehead atoms. The predicted molar refractivity (Wildman–Crippen MR) is 326 cm³/mol. The van der Waals surface area contributed by atoms with E-state index in [0.717, 1.165) is 70.6 Å². The molecule has 0 amide bonds. The highest BCUT2D eigenvalue weighted by Crippen LogP contribution is 2.18. The molecule has 440 valence electrons. The molecule has 0 aromatic carbocycles. The van der Waals surface area contributed by atoms with Crippen molar-refractivity contribution in [2.24, 2.45) is 0 Å². The lowest BCUT2D eigenvalue weighted by Crippen LogP contribution is -2.30. The Hall–Kier alpha value is -2.37. The third-order valence-electron chi connectivity index (χ3n) is 15.1. The number of carbonyl (C=O) groups is 3. The van der Waals surface area contributed by atoms with Crippen LogP contribution in [0.1, 0.15) is 367 Å². The molecule has 6 nitrogen and oxygen atoms in total. The van der Waals surface area contributed by atoms with Crippen LogP contribution in [0.4, 0.5) is 0 Å². The van der Waals surface area contributed by atoms with Gasteiger partial charge in [0.15, 0.2) is 6.10 Å². The molecule has 0 saturated carbocycles. The first-order valence-electron chi connectivity index (χ1n) is 33.5. The summed E-state index contributed by atoms with van der Waals surface area (Å²) in [5.41, 5.74) is 0. The van der Waals surface area contributed by atoms with Crippen LogP contribution < -0.4 is 0 Å². The highest BCUT2D eigenvalue weighted by molar-refractivity contribution is 5.71. The van der Waals surface area contributed by atoms with Crippen LogP contribution in [-0.4, -0.2) is 37.2 Å². The van der Waals surface area contributed by atoms with Gasteiger partial charge in [-0.3, -0.25) is 14.4 Å². The van der Waals surface area contributed by atoms with E-state index in [4.69, 9.17) is 14.2 Å². The van der Waals surface area contributed by atoms with Crippen LogP contribution >= 0.6 is 0 Å². The van der Waals surface area contributed by atoms with Gasteiger partial charge in [0.1, 0.15) is 13.2 Å². The SMILES string of the molecule is CCCCCCC/C=C\C/C=C\CCCCCCCCCCCCCCCCCCCCCCCCCC(=O)OCC(COC(=O)CCCCCCCC)OC(=O)CCCCCCC/C=C\CCCCCCCCC. The van der Waals surface area contributed by atoms with E-state index in [-0.39, 0.29) is 31.1 Å². The van der Waals surface area contributed by atoms with Gasteiger partial charge in [0.05, 0.1) is 0 Å². The van der Waals surface area contributed by atoms with Crippen molar-refractivity contribution in [3.8, 4) is 0 Å². The minimum absolute atomic E-state index is 0.0705. The van der Waals surface area contributed by atoms with Gasteiger partial charge in [0, 0.05) is 19.3 Å². The molecule has 0 aliphatic rings. The molecule has 0 aliphatic carbocycles. The van der Waals surface area contributed by atoms with E-state index in [1.165, 1.54) is 257 Å². The first kappa shape index (κ1) is 72.6. The quantitative estimate of drug-likeness (QED) is 0.0261. The normalized spacial score (nSPS) is 12.2. The van der Waals surface area contributed by atoms with E-state index >= 15 is 0 Å². The Balaban J connectivity index is 3.89. The molecular formula is C69H128O6. The van der Waals surface area contributed by atoms with Crippen LogP contribution in [0.3, 0.4) is 0 Å². The summed E-state index contributed by atoms with van der Waals surface area (Å²) >= 11 is 0. The molecule has 0 aromatic rings. The van der Waals surface area contributed by atoms with Crippen molar-refractivity contribution >= 4 is 17.9 Å². The molecule has 0 fully saturated rings. The van der Waals surface area contributed by atoms with Crippen molar-refractivity contribution in [2.75, 3.05) is 13.2 Å². The number of hydrogen-bond acceptors (Lipinski definition) is 6. The van der Waals surface area contributed by atoms with Gasteiger partial charge in [0.2, 0.25) is 0 Å². The number of ether oxygens (including phenoxy) is 3. The second-order valence-corrected chi connectivity index (χ2v) is 22.7. The second kappa shape index (κ2) is 64.2. The van der Waals surface area contributed by atoms with Gasteiger partial charge in [-0.25, -0.2) is 0 Å². The lowest BCUT2D eigenvalue weighted by Gasteiger charge is -2.18. The van der Waals surface area contributed by atoms with Crippen molar-refractivity contribution in [1.29, 1.82) is 0 Å². The lowest BCUT2D eigenvalue weighted by atomic mass is 10.0. The molecule has 0 spiro atoms. The Morgan fingerprint density at radius 2 is 0.480 bits per heavy atom. The van der Waals surface area contributed by atoms with E-state index in [1.807, 2.05) is 0 Å². The summed E-state index contributed by atoms with van der Waals surface area (Å²) < 4.78 is 16.8. The fourth-order valence-electron chi connectivity index (χ4n) is 10.1. The maximum Gasteiger partial charge on any atom is 0.306 e. The van der Waals surface area contributed by atoms with Crippen molar-refractivity contribution < 1.29 is 28.6 Å². The minimum Gasteiger partial charge on any atom is -0.462 e. The molecule has 6 heteroatoms. The topological polar surface area (TPSA) is 78.9 Å². The Bertz CT molecular complexity index is 1250. The van der Waals surface area contributed by atoms with Crippen LogP contribution in [0.15, 0.2) is 36.5 Å². The second-order valence-electron chi connectivity index (χ2n) is 22.7. The molecule has 1 atom stereocenters. The van der Waals surface area contributed by atoms with Crippen molar-refractivity contribution in [3.63, 3.8) is 0 Å². The number of carbonyl (C=O) groups excluding carboxylic acids is 3. The highest BCUT2D eigenvalue weighted by atomic mass is 16.6. The number of hydrogen-bond donors (Lipinski definition) is 0. The van der Waals surface area contributed by atoms with Gasteiger partial charge < -0.3 is 14.2 Å². The summed E-state index contributed by atoms with van der Waals surface area (Å²) in [6.07, 6.45) is 79.3. The largest absolute Gasteiger partial charge is 0.462 e. The van der Waals surface area contributed by atoms with Crippen molar-refractivity contribution in [2.45, 2.75) is 374 Å². The smallest absolute Gasteiger partial charge is 0.306 e. The van der Waals surface area contributed by atoms with Crippen LogP contribution in [0, 0.1) is 0 Å². The maximum atomic E-state index is 12.8. The average molecular weight is 1050 g/mol. The Morgan fingerprint density at radius 1 is 0.267 bits per heavy atom. The number of rotatable bonds is 62. The van der Waals surface area contributed by atoms with Gasteiger partial charge in [-0.2, -0.15) is 0 Å². The van der Waals surface area contributed by atoms with Gasteiger partial charge in [-0.05, 0) is 77.0 Å². The van der Waals surface area contributed by atoms with Gasteiger partial charge in [-0.15, -0.1) is 0 Å².